The molecule has 0 radical (unpaired) electrons. The van der Waals surface area contributed by atoms with Crippen LogP contribution in [-0.2, 0) is 11.2 Å². The smallest absolute Gasteiger partial charge is 0.335 e. The second-order valence-corrected chi connectivity index (χ2v) is 9.33. The topological polar surface area (TPSA) is 117 Å². The molecule has 0 bridgehead atoms. The van der Waals surface area contributed by atoms with Gasteiger partial charge in [-0.2, -0.15) is 0 Å². The molecule has 1 atom stereocenters. The van der Waals surface area contributed by atoms with Gasteiger partial charge in [-0.3, -0.25) is 4.79 Å². The standard InChI is InChI=1S/C28H27ClFN3O6/c1-38-24-15-18(7-12-23(24)32-27(37)31-22-6-3-2-5-21(22)29)16-25(34)28(30)13-4-14-33(28)17-39-20-10-8-19(9-11-20)26(35)36/h2-3,5-12,15H,4,13-14,16-17H2,1H3,(H,35,36)(H2,31,32,37)/t28-/m1/s1. The zero-order chi connectivity index (χ0) is 28.0. The van der Waals surface area contributed by atoms with Gasteiger partial charge < -0.3 is 25.2 Å². The molecule has 204 valence electrons. The molecule has 1 aliphatic heterocycles. The maximum atomic E-state index is 15.9. The number of Topliss-reactive ketones (excluding diaryl/α,β-unsaturated/α-hetero) is 1. The molecule has 39 heavy (non-hydrogen) atoms. The summed E-state index contributed by atoms with van der Waals surface area (Å²) in [7, 11) is 1.42. The van der Waals surface area contributed by atoms with Gasteiger partial charge in [0.2, 0.25) is 5.79 Å². The molecule has 0 saturated carbocycles. The van der Waals surface area contributed by atoms with Crippen molar-refractivity contribution < 1.29 is 33.4 Å². The number of likely N-dealkylation sites (tertiary alicyclic amines) is 1. The maximum Gasteiger partial charge on any atom is 0.335 e. The van der Waals surface area contributed by atoms with Crippen molar-refractivity contribution in [2.24, 2.45) is 0 Å². The number of rotatable bonds is 10. The molecule has 1 saturated heterocycles. The first kappa shape index (κ1) is 27.9. The van der Waals surface area contributed by atoms with Gasteiger partial charge in [-0.15, -0.1) is 0 Å². The Morgan fingerprint density at radius 3 is 2.46 bits per heavy atom. The average molecular weight is 556 g/mol. The van der Waals surface area contributed by atoms with Crippen LogP contribution in [0.4, 0.5) is 20.6 Å². The summed E-state index contributed by atoms with van der Waals surface area (Å²) in [6.45, 7) is 0.170. The van der Waals surface area contributed by atoms with Gasteiger partial charge in [0.05, 0.1) is 29.1 Å². The second kappa shape index (κ2) is 12.1. The highest BCUT2D eigenvalue weighted by Crippen LogP contribution is 2.34. The number of hydrogen-bond acceptors (Lipinski definition) is 6. The van der Waals surface area contributed by atoms with E-state index in [-0.39, 0.29) is 25.1 Å². The minimum Gasteiger partial charge on any atom is -0.495 e. The lowest BCUT2D eigenvalue weighted by Gasteiger charge is -2.29. The van der Waals surface area contributed by atoms with Crippen LogP contribution in [-0.4, -0.2) is 54.0 Å². The van der Waals surface area contributed by atoms with Crippen LogP contribution in [0.25, 0.3) is 0 Å². The van der Waals surface area contributed by atoms with E-state index in [2.05, 4.69) is 10.6 Å². The fraction of sp³-hybridized carbons (Fsp3) is 0.250. The molecule has 3 aromatic carbocycles. The lowest BCUT2D eigenvalue weighted by atomic mass is 9.99. The van der Waals surface area contributed by atoms with E-state index in [0.717, 1.165) is 0 Å². The van der Waals surface area contributed by atoms with Crippen LogP contribution in [0.1, 0.15) is 28.8 Å². The Morgan fingerprint density at radius 2 is 1.77 bits per heavy atom. The molecule has 1 fully saturated rings. The van der Waals surface area contributed by atoms with Gasteiger partial charge in [-0.05, 0) is 60.5 Å². The van der Waals surface area contributed by atoms with E-state index in [1.807, 2.05) is 0 Å². The normalized spacial score (nSPS) is 16.9. The molecule has 3 aromatic rings. The first-order valence-corrected chi connectivity index (χ1v) is 12.5. The highest BCUT2D eigenvalue weighted by Gasteiger charge is 2.47. The van der Waals surface area contributed by atoms with Crippen molar-refractivity contribution in [2.75, 3.05) is 31.0 Å². The van der Waals surface area contributed by atoms with Gasteiger partial charge in [-0.25, -0.2) is 18.9 Å². The van der Waals surface area contributed by atoms with Crippen LogP contribution in [0.3, 0.4) is 0 Å². The number of carboxylic acid groups (broad SMARTS) is 1. The van der Waals surface area contributed by atoms with Gasteiger partial charge in [0.25, 0.3) is 0 Å². The van der Waals surface area contributed by atoms with E-state index >= 15 is 4.39 Å². The molecule has 2 amide bonds. The fourth-order valence-electron chi connectivity index (χ4n) is 4.28. The molecular weight excluding hydrogens is 529 g/mol. The number of ketones is 1. The van der Waals surface area contributed by atoms with Crippen molar-refractivity contribution in [1.82, 2.24) is 4.90 Å². The number of ether oxygens (including phenoxy) is 2. The van der Waals surface area contributed by atoms with Crippen molar-refractivity contribution in [3.05, 3.63) is 82.9 Å². The summed E-state index contributed by atoms with van der Waals surface area (Å²) in [5.41, 5.74) is 1.42. The zero-order valence-electron chi connectivity index (χ0n) is 21.1. The van der Waals surface area contributed by atoms with E-state index in [1.54, 1.807) is 42.5 Å². The summed E-state index contributed by atoms with van der Waals surface area (Å²) >= 11 is 6.08. The number of nitrogens with zero attached hydrogens (tertiary/aromatic N) is 1. The summed E-state index contributed by atoms with van der Waals surface area (Å²) < 4.78 is 26.9. The third-order valence-corrected chi connectivity index (χ3v) is 6.68. The number of carbonyl (C=O) groups is 3. The molecule has 4 rings (SSSR count). The Balaban J connectivity index is 1.38. The van der Waals surface area contributed by atoms with Crippen LogP contribution in [0.15, 0.2) is 66.7 Å². The van der Waals surface area contributed by atoms with Gasteiger partial charge in [0.15, 0.2) is 5.78 Å². The monoisotopic (exact) mass is 555 g/mol. The average Bonchev–Trinajstić information content (AvgIpc) is 3.31. The van der Waals surface area contributed by atoms with Gasteiger partial charge in [0, 0.05) is 19.4 Å². The van der Waals surface area contributed by atoms with Crippen molar-refractivity contribution in [1.29, 1.82) is 0 Å². The van der Waals surface area contributed by atoms with Crippen molar-refractivity contribution in [3.8, 4) is 11.5 Å². The quantitative estimate of drug-likeness (QED) is 0.279. The molecule has 0 spiro atoms. The van der Waals surface area contributed by atoms with Crippen molar-refractivity contribution >= 4 is 40.8 Å². The highest BCUT2D eigenvalue weighted by atomic mass is 35.5. The Hall–Kier alpha value is -4.15. The summed E-state index contributed by atoms with van der Waals surface area (Å²) in [5, 5.41) is 14.7. The number of carbonyl (C=O) groups excluding carboxylic acids is 2. The predicted octanol–water partition coefficient (Wildman–Crippen LogP) is 5.60. The Labute approximate surface area is 229 Å². The number of amides is 2. The number of alkyl halides is 1. The minimum atomic E-state index is -2.21. The summed E-state index contributed by atoms with van der Waals surface area (Å²) in [6.07, 6.45) is 0.325. The molecule has 0 aromatic heterocycles. The van der Waals surface area contributed by atoms with Crippen molar-refractivity contribution in [2.45, 2.75) is 25.1 Å². The molecule has 1 aliphatic rings. The molecule has 0 aliphatic carbocycles. The Kier molecular flexibility index (Phi) is 8.68. The molecule has 3 N–H and O–H groups in total. The lowest BCUT2D eigenvalue weighted by molar-refractivity contribution is -0.144. The van der Waals surface area contributed by atoms with Gasteiger partial charge >= 0.3 is 12.0 Å². The Morgan fingerprint density at radius 1 is 1.05 bits per heavy atom. The van der Waals surface area contributed by atoms with Gasteiger partial charge in [-0.1, -0.05) is 29.8 Å². The molecule has 11 heteroatoms. The number of benzene rings is 3. The van der Waals surface area contributed by atoms with Gasteiger partial charge in [0.1, 0.15) is 18.2 Å². The third kappa shape index (κ3) is 6.65. The first-order valence-electron chi connectivity index (χ1n) is 12.1. The summed E-state index contributed by atoms with van der Waals surface area (Å²) in [4.78, 5) is 37.9. The SMILES string of the molecule is COc1cc(CC(=O)[C@@]2(F)CCCN2COc2ccc(C(=O)O)cc2)ccc1NC(=O)Nc1ccccc1Cl. The van der Waals surface area contributed by atoms with Crippen LogP contribution < -0.4 is 20.1 Å². The number of halogens is 2. The fourth-order valence-corrected chi connectivity index (χ4v) is 4.46. The largest absolute Gasteiger partial charge is 0.495 e. The molecular formula is C28H27ClFN3O6. The number of hydrogen-bond donors (Lipinski definition) is 3. The minimum absolute atomic E-state index is 0.0339. The zero-order valence-corrected chi connectivity index (χ0v) is 21.8. The highest BCUT2D eigenvalue weighted by molar-refractivity contribution is 6.33. The van der Waals surface area contributed by atoms with E-state index in [1.165, 1.54) is 36.3 Å². The maximum absolute atomic E-state index is 15.9. The van der Waals surface area contributed by atoms with Crippen molar-refractivity contribution in [3.63, 3.8) is 0 Å². The molecule has 9 nitrogen and oxygen atoms in total. The summed E-state index contributed by atoms with van der Waals surface area (Å²) in [5.74, 6) is -3.22. The number of urea groups is 1. The van der Waals surface area contributed by atoms with Crippen LogP contribution >= 0.6 is 11.6 Å². The molecule has 0 unspecified atom stereocenters. The number of nitrogens with one attached hydrogen (secondary N) is 2. The van der Waals surface area contributed by atoms with Crippen LogP contribution in [0.5, 0.6) is 11.5 Å². The van der Waals surface area contributed by atoms with Crippen LogP contribution in [0, 0.1) is 0 Å². The van der Waals surface area contributed by atoms with Crippen LogP contribution in [0.2, 0.25) is 5.02 Å². The first-order chi connectivity index (χ1) is 18.7. The Bertz CT molecular complexity index is 1370. The number of anilines is 2. The molecule has 1 heterocycles. The number of aromatic carboxylic acids is 1. The van der Waals surface area contributed by atoms with E-state index in [0.29, 0.717) is 46.4 Å². The number of methoxy groups -OCH3 is 1. The van der Waals surface area contributed by atoms with E-state index in [9.17, 15) is 14.4 Å². The predicted molar refractivity (Wildman–Crippen MR) is 144 cm³/mol. The summed E-state index contributed by atoms with van der Waals surface area (Å²) in [6, 6.07) is 16.8. The second-order valence-electron chi connectivity index (χ2n) is 8.92. The van der Waals surface area contributed by atoms with E-state index in [4.69, 9.17) is 26.2 Å². The number of carboxylic acids is 1. The van der Waals surface area contributed by atoms with E-state index < -0.39 is 23.6 Å². The number of para-hydroxylation sites is 1. The third-order valence-electron chi connectivity index (χ3n) is 6.35. The lowest BCUT2D eigenvalue weighted by Crippen LogP contribution is -2.49.